The van der Waals surface area contributed by atoms with Crippen molar-refractivity contribution in [1.29, 1.82) is 0 Å². The summed E-state index contributed by atoms with van der Waals surface area (Å²) in [5.74, 6) is 0. The van der Waals surface area contributed by atoms with Crippen molar-refractivity contribution in [2.45, 2.75) is 11.8 Å². The molecule has 0 amide bonds. The fourth-order valence-corrected chi connectivity index (χ4v) is 3.40. The predicted molar refractivity (Wildman–Crippen MR) is 78.1 cm³/mol. The van der Waals surface area contributed by atoms with Crippen LogP contribution in [-0.2, 0) is 10.0 Å². The highest BCUT2D eigenvalue weighted by Gasteiger charge is 2.21. The van der Waals surface area contributed by atoms with Gasteiger partial charge >= 0.3 is 0 Å². The van der Waals surface area contributed by atoms with Crippen LogP contribution >= 0.6 is 11.3 Å². The number of benzene rings is 1. The van der Waals surface area contributed by atoms with E-state index in [1.54, 1.807) is 6.92 Å². The Morgan fingerprint density at radius 2 is 2.05 bits per heavy atom. The van der Waals surface area contributed by atoms with E-state index < -0.39 is 14.9 Å². The summed E-state index contributed by atoms with van der Waals surface area (Å²) in [6.07, 6.45) is 0. The summed E-state index contributed by atoms with van der Waals surface area (Å²) in [4.78, 5) is 10.1. The van der Waals surface area contributed by atoms with Crippen LogP contribution in [0.1, 0.15) is 5.01 Å². The Labute approximate surface area is 124 Å². The number of nitrogens with zero attached hydrogens (tertiary/aromatic N) is 3. The van der Waals surface area contributed by atoms with Gasteiger partial charge in [-0.2, -0.15) is 0 Å². The molecule has 9 nitrogen and oxygen atoms in total. The molecule has 0 saturated heterocycles. The normalized spacial score (nSPS) is 11.1. The van der Waals surface area contributed by atoms with Gasteiger partial charge in [-0.25, -0.2) is 8.42 Å². The van der Waals surface area contributed by atoms with E-state index >= 15 is 0 Å². The third kappa shape index (κ3) is 3.25. The largest absolute Gasteiger partial charge is 0.383 e. The minimum atomic E-state index is -3.88. The van der Waals surface area contributed by atoms with Gasteiger partial charge in [-0.05, 0) is 19.1 Å². The summed E-state index contributed by atoms with van der Waals surface area (Å²) in [5, 5.41) is 21.5. The van der Waals surface area contributed by atoms with Crippen LogP contribution in [0.5, 0.6) is 0 Å². The number of hydrogen-bond acceptors (Lipinski definition) is 8. The van der Waals surface area contributed by atoms with Crippen LogP contribution in [0.15, 0.2) is 23.1 Å². The van der Waals surface area contributed by atoms with E-state index in [0.717, 1.165) is 23.5 Å². The lowest BCUT2D eigenvalue weighted by atomic mass is 10.3. The van der Waals surface area contributed by atoms with Gasteiger partial charge in [0, 0.05) is 13.1 Å². The SMILES string of the molecule is CNc1cc(S(=O)(=O)Nc2nnc(C)s2)ccc1[N+](=O)[O-]. The molecular weight excluding hydrogens is 318 g/mol. The Bertz CT molecular complexity index is 786. The highest BCUT2D eigenvalue weighted by molar-refractivity contribution is 7.93. The van der Waals surface area contributed by atoms with Crippen molar-refractivity contribution in [3.8, 4) is 0 Å². The number of rotatable bonds is 5. The van der Waals surface area contributed by atoms with E-state index in [0.29, 0.717) is 5.01 Å². The zero-order valence-corrected chi connectivity index (χ0v) is 12.7. The Hall–Kier alpha value is -2.27. The van der Waals surface area contributed by atoms with Crippen molar-refractivity contribution in [3.63, 3.8) is 0 Å². The van der Waals surface area contributed by atoms with Crippen molar-refractivity contribution in [2.24, 2.45) is 0 Å². The minimum absolute atomic E-state index is 0.106. The fraction of sp³-hybridized carbons (Fsp3) is 0.200. The standard InChI is InChI=1S/C10H11N5O4S2/c1-6-12-13-10(20-6)14-21(18,19)7-3-4-9(15(16)17)8(5-7)11-2/h3-5,11H,1-2H3,(H,13,14). The number of nitro groups is 1. The van der Waals surface area contributed by atoms with E-state index in [-0.39, 0.29) is 21.4 Å². The summed E-state index contributed by atoms with van der Waals surface area (Å²) in [6, 6.07) is 3.48. The van der Waals surface area contributed by atoms with Crippen LogP contribution < -0.4 is 10.0 Å². The molecule has 0 unspecified atom stereocenters. The van der Waals surface area contributed by atoms with E-state index in [1.165, 1.54) is 13.1 Å². The average Bonchev–Trinajstić information content (AvgIpc) is 2.82. The van der Waals surface area contributed by atoms with E-state index in [1.807, 2.05) is 0 Å². The highest BCUT2D eigenvalue weighted by atomic mass is 32.2. The van der Waals surface area contributed by atoms with Gasteiger partial charge in [-0.1, -0.05) is 11.3 Å². The van der Waals surface area contributed by atoms with Crippen molar-refractivity contribution in [3.05, 3.63) is 33.3 Å². The van der Waals surface area contributed by atoms with Gasteiger partial charge in [-0.3, -0.25) is 14.8 Å². The first-order valence-electron chi connectivity index (χ1n) is 5.62. The summed E-state index contributed by atoms with van der Waals surface area (Å²) < 4.78 is 26.7. The molecule has 0 aliphatic rings. The lowest BCUT2D eigenvalue weighted by molar-refractivity contribution is -0.384. The monoisotopic (exact) mass is 329 g/mol. The second-order valence-electron chi connectivity index (χ2n) is 3.92. The molecule has 2 N–H and O–H groups in total. The molecule has 0 aliphatic heterocycles. The van der Waals surface area contributed by atoms with Gasteiger partial charge in [0.2, 0.25) is 5.13 Å². The first kappa shape index (κ1) is 15.1. The van der Waals surface area contributed by atoms with Crippen LogP contribution in [0.4, 0.5) is 16.5 Å². The maximum Gasteiger partial charge on any atom is 0.292 e. The smallest absolute Gasteiger partial charge is 0.292 e. The lowest BCUT2D eigenvalue weighted by Crippen LogP contribution is -2.13. The van der Waals surface area contributed by atoms with E-state index in [4.69, 9.17) is 0 Å². The van der Waals surface area contributed by atoms with Crippen molar-refractivity contribution in [2.75, 3.05) is 17.1 Å². The van der Waals surface area contributed by atoms with Crippen molar-refractivity contribution < 1.29 is 13.3 Å². The molecular formula is C10H11N5O4S2. The number of nitrogens with one attached hydrogen (secondary N) is 2. The van der Waals surface area contributed by atoms with Gasteiger partial charge < -0.3 is 5.32 Å². The molecule has 0 atom stereocenters. The molecule has 0 aliphatic carbocycles. The molecule has 2 aromatic rings. The maximum atomic E-state index is 12.2. The Morgan fingerprint density at radius 1 is 1.33 bits per heavy atom. The molecule has 1 aromatic carbocycles. The van der Waals surface area contributed by atoms with Crippen molar-refractivity contribution in [1.82, 2.24) is 10.2 Å². The molecule has 0 saturated carbocycles. The number of nitro benzene ring substituents is 1. The number of sulfonamides is 1. The number of anilines is 2. The van der Waals surface area contributed by atoms with Crippen LogP contribution in [0.25, 0.3) is 0 Å². The van der Waals surface area contributed by atoms with E-state index in [9.17, 15) is 18.5 Å². The number of hydrogen-bond donors (Lipinski definition) is 2. The molecule has 2 rings (SSSR count). The lowest BCUT2D eigenvalue weighted by Gasteiger charge is -2.07. The summed E-state index contributed by atoms with van der Waals surface area (Å²) in [7, 11) is -2.41. The number of aromatic nitrogens is 2. The van der Waals surface area contributed by atoms with Gasteiger partial charge in [0.15, 0.2) is 0 Å². The second kappa shape index (κ2) is 5.61. The zero-order chi connectivity index (χ0) is 15.6. The second-order valence-corrected chi connectivity index (χ2v) is 6.78. The van der Waals surface area contributed by atoms with Crippen LogP contribution in [-0.4, -0.2) is 30.6 Å². The summed E-state index contributed by atoms with van der Waals surface area (Å²) in [5.41, 5.74) is -0.0977. The molecule has 21 heavy (non-hydrogen) atoms. The Morgan fingerprint density at radius 3 is 2.57 bits per heavy atom. The molecule has 0 radical (unpaired) electrons. The van der Waals surface area contributed by atoms with Gasteiger partial charge in [0.05, 0.1) is 9.82 Å². The number of aryl methyl sites for hydroxylation is 1. The molecule has 1 aromatic heterocycles. The summed E-state index contributed by atoms with van der Waals surface area (Å²) >= 11 is 1.09. The van der Waals surface area contributed by atoms with Crippen LogP contribution in [0.3, 0.4) is 0 Å². The first-order valence-corrected chi connectivity index (χ1v) is 7.92. The molecule has 0 bridgehead atoms. The van der Waals surface area contributed by atoms with E-state index in [2.05, 4.69) is 20.2 Å². The third-order valence-electron chi connectivity index (χ3n) is 2.49. The zero-order valence-electron chi connectivity index (χ0n) is 11.0. The Balaban J connectivity index is 2.38. The predicted octanol–water partition coefficient (Wildman–Crippen LogP) is 1.60. The first-order chi connectivity index (χ1) is 9.83. The van der Waals surface area contributed by atoms with Crippen LogP contribution in [0, 0.1) is 17.0 Å². The molecule has 0 fully saturated rings. The minimum Gasteiger partial charge on any atom is -0.383 e. The average molecular weight is 329 g/mol. The molecule has 112 valence electrons. The van der Waals surface area contributed by atoms with Gasteiger partial charge in [0.1, 0.15) is 10.7 Å². The third-order valence-corrected chi connectivity index (χ3v) is 4.71. The van der Waals surface area contributed by atoms with Crippen LogP contribution in [0.2, 0.25) is 0 Å². The quantitative estimate of drug-likeness (QED) is 0.630. The highest BCUT2D eigenvalue weighted by Crippen LogP contribution is 2.28. The molecule has 1 heterocycles. The summed E-state index contributed by atoms with van der Waals surface area (Å²) in [6.45, 7) is 1.69. The molecule has 11 heteroatoms. The maximum absolute atomic E-state index is 12.2. The Kier molecular flexibility index (Phi) is 4.04. The van der Waals surface area contributed by atoms with Gasteiger partial charge in [-0.15, -0.1) is 10.2 Å². The van der Waals surface area contributed by atoms with Crippen molar-refractivity contribution >= 4 is 37.9 Å². The topological polar surface area (TPSA) is 127 Å². The molecule has 0 spiro atoms. The van der Waals surface area contributed by atoms with Gasteiger partial charge in [0.25, 0.3) is 15.7 Å². The fourth-order valence-electron chi connectivity index (χ4n) is 1.55.